The highest BCUT2D eigenvalue weighted by Gasteiger charge is 2.01. The third-order valence-corrected chi connectivity index (χ3v) is 1.84. The van der Waals surface area contributed by atoms with Gasteiger partial charge in [0.1, 0.15) is 5.75 Å². The van der Waals surface area contributed by atoms with Crippen molar-refractivity contribution in [1.29, 1.82) is 0 Å². The van der Waals surface area contributed by atoms with Gasteiger partial charge in [-0.2, -0.15) is 0 Å². The van der Waals surface area contributed by atoms with Crippen LogP contribution in [0, 0.1) is 0 Å². The molecule has 0 bridgehead atoms. The molecule has 1 aromatic rings. The minimum atomic E-state index is 0.330. The first kappa shape index (κ1) is 8.85. The molecule has 0 spiro atoms. The van der Waals surface area contributed by atoms with Gasteiger partial charge < -0.3 is 5.11 Å². The Morgan fingerprint density at radius 3 is 2.67 bits per heavy atom. The fourth-order valence-electron chi connectivity index (χ4n) is 1.21. The Hall–Kier alpha value is -1.24. The molecule has 1 N–H and O–H groups in total. The van der Waals surface area contributed by atoms with E-state index < -0.39 is 0 Å². The summed E-state index contributed by atoms with van der Waals surface area (Å²) in [6.07, 6.45) is 2.00. The van der Waals surface area contributed by atoms with E-state index in [2.05, 4.69) is 13.5 Å². The van der Waals surface area contributed by atoms with Crippen molar-refractivity contribution in [3.63, 3.8) is 0 Å². The van der Waals surface area contributed by atoms with Gasteiger partial charge >= 0.3 is 0 Å². The summed E-state index contributed by atoms with van der Waals surface area (Å²) in [5.74, 6) is 0.330. The number of para-hydroxylation sites is 1. The van der Waals surface area contributed by atoms with Crippen molar-refractivity contribution in [1.82, 2.24) is 0 Å². The Labute approximate surface area is 73.4 Å². The molecule has 0 aliphatic rings. The van der Waals surface area contributed by atoms with Crippen LogP contribution >= 0.6 is 0 Å². The van der Waals surface area contributed by atoms with Crippen LogP contribution in [-0.4, -0.2) is 5.11 Å². The number of hydrogen-bond donors (Lipinski definition) is 1. The van der Waals surface area contributed by atoms with E-state index in [4.69, 9.17) is 0 Å². The molecular formula is C11H14O. The van der Waals surface area contributed by atoms with E-state index in [1.807, 2.05) is 18.2 Å². The first-order valence-corrected chi connectivity index (χ1v) is 4.22. The molecule has 1 aromatic carbocycles. The lowest BCUT2D eigenvalue weighted by molar-refractivity contribution is 0.473. The smallest absolute Gasteiger partial charge is 0.123 e. The maximum atomic E-state index is 9.45. The lowest BCUT2D eigenvalue weighted by Gasteiger charge is -2.05. The van der Waals surface area contributed by atoms with Crippen LogP contribution in [0.25, 0.3) is 5.57 Å². The van der Waals surface area contributed by atoms with Gasteiger partial charge in [-0.1, -0.05) is 38.1 Å². The summed E-state index contributed by atoms with van der Waals surface area (Å²) >= 11 is 0. The van der Waals surface area contributed by atoms with Gasteiger partial charge in [-0.15, -0.1) is 0 Å². The molecule has 0 amide bonds. The highest BCUT2D eigenvalue weighted by molar-refractivity contribution is 5.68. The van der Waals surface area contributed by atoms with Crippen LogP contribution in [0.3, 0.4) is 0 Å². The van der Waals surface area contributed by atoms with Crippen LogP contribution < -0.4 is 0 Å². The monoisotopic (exact) mass is 162 g/mol. The normalized spacial score (nSPS) is 9.75. The summed E-state index contributed by atoms with van der Waals surface area (Å²) in [6, 6.07) is 7.32. The van der Waals surface area contributed by atoms with E-state index in [1.165, 1.54) is 0 Å². The van der Waals surface area contributed by atoms with Crippen molar-refractivity contribution in [3.8, 4) is 5.75 Å². The fraction of sp³-hybridized carbons (Fsp3) is 0.273. The molecular weight excluding hydrogens is 148 g/mol. The molecule has 64 valence electrons. The van der Waals surface area contributed by atoms with Gasteiger partial charge in [0.25, 0.3) is 0 Å². The lowest BCUT2D eigenvalue weighted by Crippen LogP contribution is -1.82. The summed E-state index contributed by atoms with van der Waals surface area (Å²) in [7, 11) is 0. The third kappa shape index (κ3) is 1.88. The minimum absolute atomic E-state index is 0.330. The highest BCUT2D eigenvalue weighted by Crippen LogP contribution is 2.25. The zero-order valence-electron chi connectivity index (χ0n) is 7.38. The summed E-state index contributed by atoms with van der Waals surface area (Å²) in [5, 5.41) is 9.45. The van der Waals surface area contributed by atoms with Crippen molar-refractivity contribution >= 4 is 5.57 Å². The van der Waals surface area contributed by atoms with E-state index in [1.54, 1.807) is 6.07 Å². The Morgan fingerprint density at radius 1 is 1.42 bits per heavy atom. The predicted octanol–water partition coefficient (Wildman–Crippen LogP) is 3.21. The quantitative estimate of drug-likeness (QED) is 0.723. The maximum Gasteiger partial charge on any atom is 0.123 e. The molecule has 1 rings (SSSR count). The van der Waals surface area contributed by atoms with Gasteiger partial charge in [0.15, 0.2) is 0 Å². The van der Waals surface area contributed by atoms with Gasteiger partial charge in [0.2, 0.25) is 0 Å². The fourth-order valence-corrected chi connectivity index (χ4v) is 1.21. The summed E-state index contributed by atoms with van der Waals surface area (Å²) < 4.78 is 0. The van der Waals surface area contributed by atoms with Crippen LogP contribution in [0.1, 0.15) is 25.3 Å². The molecule has 0 saturated carbocycles. The molecule has 12 heavy (non-hydrogen) atoms. The van der Waals surface area contributed by atoms with Crippen molar-refractivity contribution < 1.29 is 5.11 Å². The van der Waals surface area contributed by atoms with Crippen molar-refractivity contribution in [3.05, 3.63) is 36.4 Å². The Bertz CT molecular complexity index is 276. The molecule has 0 heterocycles. The van der Waals surface area contributed by atoms with Crippen LogP contribution in [0.5, 0.6) is 5.75 Å². The second-order valence-corrected chi connectivity index (χ2v) is 2.87. The van der Waals surface area contributed by atoms with Gasteiger partial charge in [0.05, 0.1) is 0 Å². The van der Waals surface area contributed by atoms with Gasteiger partial charge in [-0.25, -0.2) is 0 Å². The van der Waals surface area contributed by atoms with Gasteiger partial charge in [-0.05, 0) is 18.1 Å². The molecule has 0 radical (unpaired) electrons. The molecule has 0 saturated heterocycles. The average molecular weight is 162 g/mol. The van der Waals surface area contributed by atoms with E-state index in [-0.39, 0.29) is 0 Å². The number of phenols is 1. The first-order valence-electron chi connectivity index (χ1n) is 4.22. The summed E-state index contributed by atoms with van der Waals surface area (Å²) in [4.78, 5) is 0. The number of phenolic OH excluding ortho intramolecular Hbond substituents is 1. The van der Waals surface area contributed by atoms with Crippen molar-refractivity contribution in [2.45, 2.75) is 19.8 Å². The van der Waals surface area contributed by atoms with E-state index in [0.29, 0.717) is 5.75 Å². The first-order chi connectivity index (χ1) is 5.75. The molecule has 0 aliphatic heterocycles. The maximum absolute atomic E-state index is 9.45. The average Bonchev–Trinajstić information content (AvgIpc) is 2.05. The Balaban J connectivity index is 2.87. The number of aromatic hydroxyl groups is 1. The molecule has 1 heteroatoms. The second-order valence-electron chi connectivity index (χ2n) is 2.87. The predicted molar refractivity (Wildman–Crippen MR) is 52.0 cm³/mol. The number of benzene rings is 1. The van der Waals surface area contributed by atoms with Crippen LogP contribution in [-0.2, 0) is 0 Å². The van der Waals surface area contributed by atoms with Gasteiger partial charge in [-0.3, -0.25) is 0 Å². The van der Waals surface area contributed by atoms with E-state index in [0.717, 1.165) is 24.0 Å². The Kier molecular flexibility index (Phi) is 2.92. The van der Waals surface area contributed by atoms with Crippen LogP contribution in [0.4, 0.5) is 0 Å². The second kappa shape index (κ2) is 3.96. The highest BCUT2D eigenvalue weighted by atomic mass is 16.3. The summed E-state index contributed by atoms with van der Waals surface area (Å²) in [5.41, 5.74) is 1.88. The molecule has 0 atom stereocenters. The summed E-state index contributed by atoms with van der Waals surface area (Å²) in [6.45, 7) is 6.02. The van der Waals surface area contributed by atoms with E-state index >= 15 is 0 Å². The number of rotatable bonds is 3. The largest absolute Gasteiger partial charge is 0.507 e. The Morgan fingerprint density at radius 2 is 2.08 bits per heavy atom. The lowest BCUT2D eigenvalue weighted by atomic mass is 10.0. The van der Waals surface area contributed by atoms with Crippen molar-refractivity contribution in [2.75, 3.05) is 0 Å². The SMILES string of the molecule is C=C(CCC)c1ccccc1O. The number of hydrogen-bond acceptors (Lipinski definition) is 1. The topological polar surface area (TPSA) is 20.2 Å². The molecule has 0 aromatic heterocycles. The standard InChI is InChI=1S/C11H14O/c1-3-6-9(2)10-7-4-5-8-11(10)12/h4-5,7-8,12H,2-3,6H2,1H3. The number of allylic oxidation sites excluding steroid dienone is 1. The zero-order valence-corrected chi connectivity index (χ0v) is 7.38. The van der Waals surface area contributed by atoms with Crippen LogP contribution in [0.2, 0.25) is 0 Å². The van der Waals surface area contributed by atoms with E-state index in [9.17, 15) is 5.11 Å². The minimum Gasteiger partial charge on any atom is -0.507 e. The molecule has 1 nitrogen and oxygen atoms in total. The zero-order chi connectivity index (χ0) is 8.97. The molecule has 0 unspecified atom stereocenters. The molecule has 0 aliphatic carbocycles. The van der Waals surface area contributed by atoms with Gasteiger partial charge in [0, 0.05) is 5.56 Å². The van der Waals surface area contributed by atoms with Crippen molar-refractivity contribution in [2.24, 2.45) is 0 Å². The third-order valence-electron chi connectivity index (χ3n) is 1.84. The molecule has 0 fully saturated rings. The van der Waals surface area contributed by atoms with Crippen LogP contribution in [0.15, 0.2) is 30.8 Å².